The molecule has 0 aliphatic rings. The number of hydrogen-bond acceptors (Lipinski definition) is 4. The zero-order valence-corrected chi connectivity index (χ0v) is 12.6. The van der Waals surface area contributed by atoms with Gasteiger partial charge in [-0.3, -0.25) is 5.32 Å². The largest absolute Gasteiger partial charge is 0.494 e. The lowest BCUT2D eigenvalue weighted by Crippen LogP contribution is -2.47. The molecule has 0 spiro atoms. The molecule has 0 saturated heterocycles. The van der Waals surface area contributed by atoms with Crippen LogP contribution < -0.4 is 10.1 Å². The SMILES string of the molecule is C=CCNC(OCC)(OCC)c1ccc(OCC)cc1. The van der Waals surface area contributed by atoms with Crippen LogP contribution in [0.3, 0.4) is 0 Å². The molecule has 1 aromatic rings. The van der Waals surface area contributed by atoms with E-state index in [1.165, 1.54) is 0 Å². The molecule has 0 unspecified atom stereocenters. The molecule has 0 bridgehead atoms. The first kappa shape index (κ1) is 16.7. The van der Waals surface area contributed by atoms with Gasteiger partial charge in [-0.05, 0) is 45.0 Å². The van der Waals surface area contributed by atoms with Crippen molar-refractivity contribution in [2.75, 3.05) is 26.4 Å². The van der Waals surface area contributed by atoms with Crippen LogP contribution in [0, 0.1) is 0 Å². The van der Waals surface area contributed by atoms with E-state index in [0.717, 1.165) is 11.3 Å². The average Bonchev–Trinajstić information content (AvgIpc) is 2.46. The lowest BCUT2D eigenvalue weighted by molar-refractivity contribution is -0.261. The topological polar surface area (TPSA) is 39.7 Å². The monoisotopic (exact) mass is 279 g/mol. The summed E-state index contributed by atoms with van der Waals surface area (Å²) >= 11 is 0. The van der Waals surface area contributed by atoms with E-state index in [9.17, 15) is 0 Å². The highest BCUT2D eigenvalue weighted by Crippen LogP contribution is 2.26. The lowest BCUT2D eigenvalue weighted by atomic mass is 10.1. The summed E-state index contributed by atoms with van der Waals surface area (Å²) in [5.41, 5.74) is 0.909. The van der Waals surface area contributed by atoms with Gasteiger partial charge in [0.05, 0.1) is 6.61 Å². The lowest BCUT2D eigenvalue weighted by Gasteiger charge is -2.34. The predicted molar refractivity (Wildman–Crippen MR) is 80.7 cm³/mol. The maximum Gasteiger partial charge on any atom is 0.255 e. The van der Waals surface area contributed by atoms with Gasteiger partial charge < -0.3 is 14.2 Å². The molecule has 0 radical (unpaired) electrons. The Hall–Kier alpha value is -1.36. The van der Waals surface area contributed by atoms with Crippen LogP contribution in [0.4, 0.5) is 0 Å². The zero-order chi connectivity index (χ0) is 14.8. The van der Waals surface area contributed by atoms with Crippen LogP contribution in [0.5, 0.6) is 5.75 Å². The van der Waals surface area contributed by atoms with Gasteiger partial charge in [-0.1, -0.05) is 6.08 Å². The summed E-state index contributed by atoms with van der Waals surface area (Å²) in [6.45, 7) is 11.9. The fourth-order valence-corrected chi connectivity index (χ4v) is 1.96. The molecule has 4 heteroatoms. The molecule has 1 aromatic carbocycles. The fourth-order valence-electron chi connectivity index (χ4n) is 1.96. The minimum atomic E-state index is -0.942. The fraction of sp³-hybridized carbons (Fsp3) is 0.500. The van der Waals surface area contributed by atoms with Crippen molar-refractivity contribution in [2.45, 2.75) is 26.7 Å². The Kier molecular flexibility index (Phi) is 7.30. The van der Waals surface area contributed by atoms with Gasteiger partial charge in [-0.15, -0.1) is 6.58 Å². The number of benzene rings is 1. The molecule has 0 aliphatic carbocycles. The average molecular weight is 279 g/mol. The first-order valence-electron chi connectivity index (χ1n) is 7.09. The van der Waals surface area contributed by atoms with E-state index >= 15 is 0 Å². The van der Waals surface area contributed by atoms with Crippen molar-refractivity contribution < 1.29 is 14.2 Å². The number of nitrogens with one attached hydrogen (secondary N) is 1. The molecule has 0 amide bonds. The second-order valence-electron chi connectivity index (χ2n) is 4.11. The van der Waals surface area contributed by atoms with Crippen molar-refractivity contribution in [1.82, 2.24) is 5.32 Å². The smallest absolute Gasteiger partial charge is 0.255 e. The van der Waals surface area contributed by atoms with Gasteiger partial charge in [-0.25, -0.2) is 0 Å². The summed E-state index contributed by atoms with van der Waals surface area (Å²) in [4.78, 5) is 0. The van der Waals surface area contributed by atoms with Crippen LogP contribution in [-0.4, -0.2) is 26.4 Å². The molecule has 0 heterocycles. The van der Waals surface area contributed by atoms with E-state index in [1.807, 2.05) is 45.0 Å². The maximum absolute atomic E-state index is 5.84. The van der Waals surface area contributed by atoms with Gasteiger partial charge in [0.1, 0.15) is 5.75 Å². The number of ether oxygens (including phenoxy) is 3. The second kappa shape index (κ2) is 8.74. The zero-order valence-electron chi connectivity index (χ0n) is 12.6. The predicted octanol–water partition coefficient (Wildman–Crippen LogP) is 3.04. The standard InChI is InChI=1S/C16H25NO3/c1-5-13-17-16(19-7-3,20-8-4)14-9-11-15(12-10-14)18-6-2/h5,9-12,17H,1,6-8,13H2,2-4H3. The van der Waals surface area contributed by atoms with Gasteiger partial charge in [0.2, 0.25) is 0 Å². The van der Waals surface area contributed by atoms with Crippen molar-refractivity contribution in [3.63, 3.8) is 0 Å². The summed E-state index contributed by atoms with van der Waals surface area (Å²) in [5, 5.41) is 3.25. The molecular weight excluding hydrogens is 254 g/mol. The Bertz CT molecular complexity index is 383. The summed E-state index contributed by atoms with van der Waals surface area (Å²) in [6.07, 6.45) is 1.78. The first-order chi connectivity index (χ1) is 9.72. The van der Waals surface area contributed by atoms with E-state index in [-0.39, 0.29) is 0 Å². The van der Waals surface area contributed by atoms with Gasteiger partial charge in [0, 0.05) is 25.3 Å². The van der Waals surface area contributed by atoms with Crippen LogP contribution in [-0.2, 0) is 15.4 Å². The summed E-state index contributed by atoms with van der Waals surface area (Å²) in [7, 11) is 0. The van der Waals surface area contributed by atoms with Crippen LogP contribution in [0.25, 0.3) is 0 Å². The van der Waals surface area contributed by atoms with Crippen molar-refractivity contribution >= 4 is 0 Å². The summed E-state index contributed by atoms with van der Waals surface area (Å²) < 4.78 is 17.1. The molecule has 0 fully saturated rings. The minimum Gasteiger partial charge on any atom is -0.494 e. The number of rotatable bonds is 10. The molecule has 0 aliphatic heterocycles. The van der Waals surface area contributed by atoms with Crippen LogP contribution >= 0.6 is 0 Å². The van der Waals surface area contributed by atoms with Gasteiger partial charge >= 0.3 is 0 Å². The third-order valence-corrected chi connectivity index (χ3v) is 2.72. The summed E-state index contributed by atoms with van der Waals surface area (Å²) in [5.74, 6) is -0.107. The molecule has 4 nitrogen and oxygen atoms in total. The molecule has 1 rings (SSSR count). The highest BCUT2D eigenvalue weighted by molar-refractivity contribution is 5.29. The molecule has 0 saturated carbocycles. The van der Waals surface area contributed by atoms with Crippen LogP contribution in [0.1, 0.15) is 26.3 Å². The van der Waals surface area contributed by atoms with Gasteiger partial charge in [0.15, 0.2) is 0 Å². The molecule has 20 heavy (non-hydrogen) atoms. The van der Waals surface area contributed by atoms with E-state index in [0.29, 0.717) is 26.4 Å². The normalized spacial score (nSPS) is 11.3. The quantitative estimate of drug-likeness (QED) is 0.528. The van der Waals surface area contributed by atoms with E-state index < -0.39 is 5.91 Å². The van der Waals surface area contributed by atoms with Crippen molar-refractivity contribution in [2.24, 2.45) is 0 Å². The van der Waals surface area contributed by atoms with Crippen LogP contribution in [0.15, 0.2) is 36.9 Å². The Balaban J connectivity index is 3.02. The van der Waals surface area contributed by atoms with E-state index in [1.54, 1.807) is 6.08 Å². The second-order valence-corrected chi connectivity index (χ2v) is 4.11. The Morgan fingerprint density at radius 1 is 1.05 bits per heavy atom. The summed E-state index contributed by atoms with van der Waals surface area (Å²) in [6, 6.07) is 7.74. The van der Waals surface area contributed by atoms with Gasteiger partial charge in [-0.2, -0.15) is 0 Å². The van der Waals surface area contributed by atoms with E-state index in [2.05, 4.69) is 11.9 Å². The van der Waals surface area contributed by atoms with Crippen molar-refractivity contribution in [3.05, 3.63) is 42.5 Å². The van der Waals surface area contributed by atoms with Crippen molar-refractivity contribution in [1.29, 1.82) is 0 Å². The molecule has 0 atom stereocenters. The maximum atomic E-state index is 5.84. The highest BCUT2D eigenvalue weighted by Gasteiger charge is 2.33. The molecular formula is C16H25NO3. The van der Waals surface area contributed by atoms with Gasteiger partial charge in [0.25, 0.3) is 5.91 Å². The Morgan fingerprint density at radius 3 is 2.10 bits per heavy atom. The van der Waals surface area contributed by atoms with Crippen molar-refractivity contribution in [3.8, 4) is 5.75 Å². The van der Waals surface area contributed by atoms with E-state index in [4.69, 9.17) is 14.2 Å². The molecule has 112 valence electrons. The Labute approximate surface area is 121 Å². The third kappa shape index (κ3) is 4.34. The molecule has 1 N–H and O–H groups in total. The molecule has 0 aromatic heterocycles. The Morgan fingerprint density at radius 2 is 1.65 bits per heavy atom. The van der Waals surface area contributed by atoms with Crippen LogP contribution in [0.2, 0.25) is 0 Å². The highest BCUT2D eigenvalue weighted by atomic mass is 16.7. The first-order valence-corrected chi connectivity index (χ1v) is 7.09. The minimum absolute atomic E-state index is 0.539. The third-order valence-electron chi connectivity index (χ3n) is 2.72. The number of hydrogen-bond donors (Lipinski definition) is 1.